The standard InChI is InChI=1S/C7H4BrNO2/c8-6-5-3-9-2-1-4(5)7(10)11-6/h1-3,6H. The molecule has 0 amide bonds. The van der Waals surface area contributed by atoms with Gasteiger partial charge in [-0.2, -0.15) is 0 Å². The van der Waals surface area contributed by atoms with Gasteiger partial charge in [0.25, 0.3) is 0 Å². The first kappa shape index (κ1) is 6.79. The number of hydrogen-bond donors (Lipinski definition) is 0. The summed E-state index contributed by atoms with van der Waals surface area (Å²) in [6.07, 6.45) is 3.20. The van der Waals surface area contributed by atoms with Crippen molar-refractivity contribution in [1.82, 2.24) is 4.98 Å². The van der Waals surface area contributed by atoms with E-state index in [-0.39, 0.29) is 11.0 Å². The maximum Gasteiger partial charge on any atom is 0.340 e. The van der Waals surface area contributed by atoms with E-state index < -0.39 is 0 Å². The highest BCUT2D eigenvalue weighted by Crippen LogP contribution is 2.33. The predicted molar refractivity (Wildman–Crippen MR) is 41.3 cm³/mol. The molecule has 2 heterocycles. The summed E-state index contributed by atoms with van der Waals surface area (Å²) in [6, 6.07) is 1.65. The van der Waals surface area contributed by atoms with Gasteiger partial charge in [0.05, 0.1) is 5.56 Å². The molecule has 0 bridgehead atoms. The summed E-state index contributed by atoms with van der Waals surface area (Å²) in [5.74, 6) is -0.288. The number of nitrogens with zero attached hydrogens (tertiary/aromatic N) is 1. The van der Waals surface area contributed by atoms with Crippen molar-refractivity contribution in [2.24, 2.45) is 0 Å². The zero-order valence-electron chi connectivity index (χ0n) is 5.45. The number of aromatic nitrogens is 1. The molecule has 1 aliphatic rings. The molecule has 56 valence electrons. The highest BCUT2D eigenvalue weighted by atomic mass is 79.9. The summed E-state index contributed by atoms with van der Waals surface area (Å²) >= 11 is 3.19. The van der Waals surface area contributed by atoms with Gasteiger partial charge in [-0.15, -0.1) is 0 Å². The number of pyridine rings is 1. The predicted octanol–water partition coefficient (Wildman–Crippen LogP) is 1.65. The van der Waals surface area contributed by atoms with Crippen molar-refractivity contribution in [3.8, 4) is 0 Å². The normalized spacial score (nSPS) is 21.2. The maximum atomic E-state index is 11.0. The fourth-order valence-corrected chi connectivity index (χ4v) is 1.53. The Morgan fingerprint density at radius 1 is 1.64 bits per heavy atom. The lowest BCUT2D eigenvalue weighted by Crippen LogP contribution is -1.93. The van der Waals surface area contributed by atoms with Crippen LogP contribution in [-0.2, 0) is 4.74 Å². The summed E-state index contributed by atoms with van der Waals surface area (Å²) < 4.78 is 4.87. The fourth-order valence-electron chi connectivity index (χ4n) is 0.994. The van der Waals surface area contributed by atoms with Crippen molar-refractivity contribution in [2.45, 2.75) is 5.01 Å². The first-order valence-corrected chi connectivity index (χ1v) is 3.99. The van der Waals surface area contributed by atoms with Gasteiger partial charge in [0.2, 0.25) is 0 Å². The number of hydrogen-bond acceptors (Lipinski definition) is 3. The van der Waals surface area contributed by atoms with Crippen LogP contribution < -0.4 is 0 Å². The zero-order valence-corrected chi connectivity index (χ0v) is 7.04. The fraction of sp³-hybridized carbons (Fsp3) is 0.143. The average molecular weight is 214 g/mol. The van der Waals surface area contributed by atoms with Gasteiger partial charge in [-0.25, -0.2) is 4.79 Å². The molecular formula is C7H4BrNO2. The number of rotatable bonds is 0. The van der Waals surface area contributed by atoms with Crippen molar-refractivity contribution in [1.29, 1.82) is 0 Å². The van der Waals surface area contributed by atoms with Crippen molar-refractivity contribution >= 4 is 21.9 Å². The molecule has 0 N–H and O–H groups in total. The summed E-state index contributed by atoms with van der Waals surface area (Å²) in [5, 5.41) is -0.321. The minimum absolute atomic E-state index is 0.288. The molecule has 0 saturated carbocycles. The first-order valence-electron chi connectivity index (χ1n) is 3.08. The Morgan fingerprint density at radius 2 is 2.45 bits per heavy atom. The van der Waals surface area contributed by atoms with Crippen molar-refractivity contribution in [2.75, 3.05) is 0 Å². The third kappa shape index (κ3) is 0.939. The molecule has 3 nitrogen and oxygen atoms in total. The molecule has 1 atom stereocenters. The molecule has 1 unspecified atom stereocenters. The second-order valence-corrected chi connectivity index (χ2v) is 3.02. The molecule has 0 radical (unpaired) electrons. The van der Waals surface area contributed by atoms with Crippen LogP contribution in [0.2, 0.25) is 0 Å². The summed E-state index contributed by atoms with van der Waals surface area (Å²) in [6.45, 7) is 0. The Labute approximate surface area is 71.5 Å². The molecule has 0 saturated heterocycles. The summed E-state index contributed by atoms with van der Waals surface area (Å²) in [7, 11) is 0. The number of ether oxygens (including phenoxy) is 1. The van der Waals surface area contributed by atoms with Crippen LogP contribution in [0.25, 0.3) is 0 Å². The second kappa shape index (κ2) is 2.30. The molecule has 1 aromatic heterocycles. The van der Waals surface area contributed by atoms with Gasteiger partial charge < -0.3 is 4.74 Å². The van der Waals surface area contributed by atoms with Crippen LogP contribution in [0.3, 0.4) is 0 Å². The maximum absolute atomic E-state index is 11.0. The summed E-state index contributed by atoms with van der Waals surface area (Å²) in [5.41, 5.74) is 1.40. The smallest absolute Gasteiger partial charge is 0.340 e. The number of halogens is 1. The minimum atomic E-state index is -0.321. The van der Waals surface area contributed by atoms with Gasteiger partial charge in [0, 0.05) is 18.0 Å². The van der Waals surface area contributed by atoms with Gasteiger partial charge in [-0.1, -0.05) is 0 Å². The van der Waals surface area contributed by atoms with Crippen molar-refractivity contribution in [3.05, 3.63) is 29.6 Å². The van der Waals surface area contributed by atoms with Gasteiger partial charge in [0.1, 0.15) is 0 Å². The molecule has 1 aliphatic heterocycles. The highest BCUT2D eigenvalue weighted by Gasteiger charge is 2.28. The van der Waals surface area contributed by atoms with Gasteiger partial charge in [-0.3, -0.25) is 4.98 Å². The lowest BCUT2D eigenvalue weighted by molar-refractivity contribution is 0.0530. The van der Waals surface area contributed by atoms with E-state index in [1.807, 2.05) is 0 Å². The van der Waals surface area contributed by atoms with Crippen LogP contribution in [0.1, 0.15) is 20.9 Å². The number of fused-ring (bicyclic) bond motifs is 1. The molecule has 1 aromatic rings. The quantitative estimate of drug-likeness (QED) is 0.486. The second-order valence-electron chi connectivity index (χ2n) is 2.18. The monoisotopic (exact) mass is 213 g/mol. The molecule has 0 aliphatic carbocycles. The van der Waals surface area contributed by atoms with Gasteiger partial charge >= 0.3 is 5.97 Å². The average Bonchev–Trinajstić information content (AvgIpc) is 2.30. The Bertz CT molecular complexity index is 313. The van der Waals surface area contributed by atoms with Crippen LogP contribution in [0.4, 0.5) is 0 Å². The number of carbonyl (C=O) groups is 1. The Balaban J connectivity index is 2.60. The minimum Gasteiger partial charge on any atom is -0.442 e. The Morgan fingerprint density at radius 3 is 3.18 bits per heavy atom. The number of alkyl halides is 1. The van der Waals surface area contributed by atoms with E-state index in [0.29, 0.717) is 5.56 Å². The van der Waals surface area contributed by atoms with E-state index >= 15 is 0 Å². The molecule has 0 aromatic carbocycles. The third-order valence-corrected chi connectivity index (χ3v) is 2.21. The summed E-state index contributed by atoms with van der Waals surface area (Å²) in [4.78, 5) is 14.9. The SMILES string of the molecule is O=C1OC(Br)c2cnccc21. The lowest BCUT2D eigenvalue weighted by atomic mass is 10.2. The van der Waals surface area contributed by atoms with E-state index in [0.717, 1.165) is 5.56 Å². The van der Waals surface area contributed by atoms with Crippen molar-refractivity contribution in [3.63, 3.8) is 0 Å². The van der Waals surface area contributed by atoms with E-state index in [4.69, 9.17) is 4.74 Å². The Kier molecular flexibility index (Phi) is 1.42. The van der Waals surface area contributed by atoms with E-state index in [1.54, 1.807) is 18.5 Å². The molecular weight excluding hydrogens is 210 g/mol. The number of carbonyl (C=O) groups excluding carboxylic acids is 1. The molecule has 0 spiro atoms. The topological polar surface area (TPSA) is 39.2 Å². The first-order chi connectivity index (χ1) is 5.29. The van der Waals surface area contributed by atoms with E-state index in [1.165, 1.54) is 0 Å². The molecule has 2 rings (SSSR count). The van der Waals surface area contributed by atoms with Crippen LogP contribution in [0, 0.1) is 0 Å². The van der Waals surface area contributed by atoms with Crippen LogP contribution >= 0.6 is 15.9 Å². The number of cyclic esters (lactones) is 1. The van der Waals surface area contributed by atoms with E-state index in [9.17, 15) is 4.79 Å². The van der Waals surface area contributed by atoms with Gasteiger partial charge in [0.15, 0.2) is 5.01 Å². The van der Waals surface area contributed by atoms with Crippen LogP contribution in [0.15, 0.2) is 18.5 Å². The molecule has 11 heavy (non-hydrogen) atoms. The number of esters is 1. The highest BCUT2D eigenvalue weighted by molar-refractivity contribution is 9.09. The Hall–Kier alpha value is -0.900. The van der Waals surface area contributed by atoms with Crippen LogP contribution in [0.5, 0.6) is 0 Å². The lowest BCUT2D eigenvalue weighted by Gasteiger charge is -1.97. The van der Waals surface area contributed by atoms with Gasteiger partial charge in [-0.05, 0) is 22.0 Å². The van der Waals surface area contributed by atoms with Crippen LogP contribution in [-0.4, -0.2) is 11.0 Å². The van der Waals surface area contributed by atoms with Crippen molar-refractivity contribution < 1.29 is 9.53 Å². The zero-order chi connectivity index (χ0) is 7.84. The van der Waals surface area contributed by atoms with E-state index in [2.05, 4.69) is 20.9 Å². The molecule has 4 heteroatoms. The largest absolute Gasteiger partial charge is 0.442 e. The third-order valence-electron chi connectivity index (χ3n) is 1.53. The molecule has 0 fully saturated rings.